The number of nitrogens with zero attached hydrogens (tertiary/aromatic N) is 4. The molecule has 3 aromatic rings. The molecule has 0 bridgehead atoms. The Morgan fingerprint density at radius 2 is 2.04 bits per heavy atom. The van der Waals surface area contributed by atoms with Crippen molar-refractivity contribution in [3.05, 3.63) is 47.2 Å². The third-order valence-electron chi connectivity index (χ3n) is 4.47. The summed E-state index contributed by atoms with van der Waals surface area (Å²) in [5.41, 5.74) is 1.07. The molecule has 9 heteroatoms. The minimum atomic E-state index is -0.541. The number of carbonyl (C=O) groups is 1. The fraction of sp³-hybridized carbons (Fsp3) is 0.333. The van der Waals surface area contributed by atoms with E-state index in [4.69, 9.17) is 13.9 Å². The van der Waals surface area contributed by atoms with Crippen LogP contribution in [0.15, 0.2) is 45.9 Å². The molecular formula is C18H18N4O5. The minimum absolute atomic E-state index is 0.0724. The molecule has 1 unspecified atom stereocenters. The van der Waals surface area contributed by atoms with Crippen molar-refractivity contribution in [2.24, 2.45) is 0 Å². The normalized spacial score (nSPS) is 16.6. The highest BCUT2D eigenvalue weighted by Gasteiger charge is 2.29. The summed E-state index contributed by atoms with van der Waals surface area (Å²) in [6.07, 6.45) is 3.49. The van der Waals surface area contributed by atoms with Crippen LogP contribution in [0.1, 0.15) is 6.42 Å². The van der Waals surface area contributed by atoms with E-state index in [0.29, 0.717) is 42.4 Å². The van der Waals surface area contributed by atoms with Gasteiger partial charge in [-0.15, -0.1) is 0 Å². The van der Waals surface area contributed by atoms with Crippen molar-refractivity contribution in [1.29, 1.82) is 0 Å². The molecule has 9 nitrogen and oxygen atoms in total. The van der Waals surface area contributed by atoms with Gasteiger partial charge in [0.15, 0.2) is 5.58 Å². The van der Waals surface area contributed by atoms with Crippen molar-refractivity contribution in [2.75, 3.05) is 20.2 Å². The summed E-state index contributed by atoms with van der Waals surface area (Å²) >= 11 is 0. The Bertz CT molecular complexity index is 1030. The van der Waals surface area contributed by atoms with Crippen LogP contribution in [-0.2, 0) is 11.3 Å². The first-order chi connectivity index (χ1) is 13.2. The molecule has 0 aliphatic carbocycles. The van der Waals surface area contributed by atoms with Crippen LogP contribution in [0.5, 0.6) is 11.8 Å². The molecule has 3 heterocycles. The summed E-state index contributed by atoms with van der Waals surface area (Å²) in [7, 11) is 1.49. The van der Waals surface area contributed by atoms with Crippen LogP contribution in [0.2, 0.25) is 0 Å². The van der Waals surface area contributed by atoms with Gasteiger partial charge >= 0.3 is 5.76 Å². The van der Waals surface area contributed by atoms with Crippen LogP contribution in [0.3, 0.4) is 0 Å². The Morgan fingerprint density at radius 1 is 1.26 bits per heavy atom. The number of fused-ring (bicyclic) bond motifs is 1. The number of carbonyl (C=O) groups excluding carboxylic acids is 1. The quantitative estimate of drug-likeness (QED) is 0.662. The third-order valence-corrected chi connectivity index (χ3v) is 4.47. The molecule has 0 radical (unpaired) electrons. The van der Waals surface area contributed by atoms with E-state index < -0.39 is 5.76 Å². The summed E-state index contributed by atoms with van der Waals surface area (Å²) in [4.78, 5) is 34.5. The van der Waals surface area contributed by atoms with Crippen LogP contribution in [0, 0.1) is 0 Å². The lowest BCUT2D eigenvalue weighted by molar-refractivity contribution is -0.131. The van der Waals surface area contributed by atoms with Crippen LogP contribution in [-0.4, -0.2) is 51.6 Å². The summed E-state index contributed by atoms with van der Waals surface area (Å²) in [6.45, 7) is 0.872. The molecule has 27 heavy (non-hydrogen) atoms. The van der Waals surface area contributed by atoms with Crippen LogP contribution < -0.4 is 15.2 Å². The van der Waals surface area contributed by atoms with Crippen LogP contribution in [0.25, 0.3) is 11.1 Å². The molecule has 1 fully saturated rings. The van der Waals surface area contributed by atoms with Gasteiger partial charge in [-0.05, 0) is 12.1 Å². The molecule has 2 aromatic heterocycles. The minimum Gasteiger partial charge on any atom is -0.477 e. The van der Waals surface area contributed by atoms with Gasteiger partial charge in [-0.2, -0.15) is 0 Å². The van der Waals surface area contributed by atoms with Gasteiger partial charge in [0.05, 0.1) is 19.2 Å². The number of benzene rings is 1. The summed E-state index contributed by atoms with van der Waals surface area (Å²) in [6, 6.07) is 7.03. The SMILES string of the molecule is COc1nccnc1OC1CCN(C(=O)Cn2c(=O)oc3ccccc32)C1. The Balaban J connectivity index is 1.43. The average molecular weight is 370 g/mol. The molecule has 1 amide bonds. The molecule has 1 saturated heterocycles. The van der Waals surface area contributed by atoms with Gasteiger partial charge in [-0.3, -0.25) is 9.36 Å². The lowest BCUT2D eigenvalue weighted by Crippen LogP contribution is -2.35. The lowest BCUT2D eigenvalue weighted by Gasteiger charge is -2.17. The molecule has 0 saturated carbocycles. The van der Waals surface area contributed by atoms with E-state index in [1.165, 1.54) is 24.1 Å². The maximum atomic E-state index is 12.6. The zero-order valence-electron chi connectivity index (χ0n) is 14.7. The Morgan fingerprint density at radius 3 is 2.85 bits per heavy atom. The first-order valence-electron chi connectivity index (χ1n) is 8.53. The van der Waals surface area contributed by atoms with E-state index in [1.807, 2.05) is 0 Å². The lowest BCUT2D eigenvalue weighted by atomic mass is 10.3. The average Bonchev–Trinajstić information content (AvgIpc) is 3.27. The number of hydrogen-bond acceptors (Lipinski definition) is 7. The topological polar surface area (TPSA) is 99.7 Å². The molecule has 1 aliphatic heterocycles. The van der Waals surface area contributed by atoms with E-state index in [0.717, 1.165) is 0 Å². The first-order valence-corrected chi connectivity index (χ1v) is 8.53. The van der Waals surface area contributed by atoms with Gasteiger partial charge in [0.25, 0.3) is 11.8 Å². The van der Waals surface area contributed by atoms with Gasteiger partial charge in [-0.1, -0.05) is 12.1 Å². The van der Waals surface area contributed by atoms with Crippen molar-refractivity contribution in [2.45, 2.75) is 19.1 Å². The molecule has 4 rings (SSSR count). The van der Waals surface area contributed by atoms with Crippen LogP contribution in [0.4, 0.5) is 0 Å². The molecule has 1 aliphatic rings. The number of rotatable bonds is 5. The molecular weight excluding hydrogens is 352 g/mol. The van der Waals surface area contributed by atoms with E-state index in [9.17, 15) is 9.59 Å². The van der Waals surface area contributed by atoms with Crippen molar-refractivity contribution in [3.63, 3.8) is 0 Å². The molecule has 0 N–H and O–H groups in total. The van der Waals surface area contributed by atoms with Crippen molar-refractivity contribution in [3.8, 4) is 11.8 Å². The second kappa shape index (κ2) is 7.10. The maximum Gasteiger partial charge on any atom is 0.420 e. The molecule has 1 aromatic carbocycles. The summed E-state index contributed by atoms with van der Waals surface area (Å²) in [5, 5.41) is 0. The second-order valence-electron chi connectivity index (χ2n) is 6.16. The zero-order valence-corrected chi connectivity index (χ0v) is 14.7. The smallest absolute Gasteiger partial charge is 0.420 e. The number of amides is 1. The van der Waals surface area contributed by atoms with Crippen LogP contribution >= 0.6 is 0 Å². The van der Waals surface area contributed by atoms with Gasteiger partial charge in [0.2, 0.25) is 5.91 Å². The number of para-hydroxylation sites is 2. The molecule has 0 spiro atoms. The first kappa shape index (κ1) is 17.1. The number of methoxy groups -OCH3 is 1. The zero-order chi connectivity index (χ0) is 18.8. The van der Waals surface area contributed by atoms with Crippen molar-refractivity contribution < 1.29 is 18.7 Å². The monoisotopic (exact) mass is 370 g/mol. The maximum absolute atomic E-state index is 12.6. The highest BCUT2D eigenvalue weighted by atomic mass is 16.5. The van der Waals surface area contributed by atoms with Gasteiger partial charge in [-0.25, -0.2) is 14.8 Å². The van der Waals surface area contributed by atoms with Gasteiger partial charge in [0.1, 0.15) is 12.6 Å². The Labute approximate surface area is 154 Å². The molecule has 1 atom stereocenters. The second-order valence-corrected chi connectivity index (χ2v) is 6.16. The fourth-order valence-electron chi connectivity index (χ4n) is 3.14. The van der Waals surface area contributed by atoms with Gasteiger partial charge < -0.3 is 18.8 Å². The Hall–Kier alpha value is -3.36. The summed E-state index contributed by atoms with van der Waals surface area (Å²) < 4.78 is 17.5. The van der Waals surface area contributed by atoms with E-state index in [2.05, 4.69) is 9.97 Å². The Kier molecular flexibility index (Phi) is 4.49. The van der Waals surface area contributed by atoms with E-state index >= 15 is 0 Å². The van der Waals surface area contributed by atoms with E-state index in [1.54, 1.807) is 29.2 Å². The number of ether oxygens (including phenoxy) is 2. The third kappa shape index (κ3) is 3.35. The largest absolute Gasteiger partial charge is 0.477 e. The van der Waals surface area contributed by atoms with Crippen molar-refractivity contribution >= 4 is 17.0 Å². The number of aromatic nitrogens is 3. The van der Waals surface area contributed by atoms with Gasteiger partial charge in [0, 0.05) is 25.4 Å². The number of oxazole rings is 1. The van der Waals surface area contributed by atoms with E-state index in [-0.39, 0.29) is 18.6 Å². The highest BCUT2D eigenvalue weighted by molar-refractivity contribution is 5.79. The number of likely N-dealkylation sites (tertiary alicyclic amines) is 1. The summed E-state index contributed by atoms with van der Waals surface area (Å²) in [5.74, 6) is -0.100. The molecule has 140 valence electrons. The standard InChI is InChI=1S/C18H18N4O5/c1-25-16-17(20-8-7-19-16)26-12-6-9-21(10-12)15(23)11-22-13-4-2-3-5-14(13)27-18(22)24/h2-5,7-8,12H,6,9-11H2,1H3. The predicted molar refractivity (Wildman–Crippen MR) is 94.7 cm³/mol. The predicted octanol–water partition coefficient (Wildman–Crippen LogP) is 1.07. The van der Waals surface area contributed by atoms with Crippen molar-refractivity contribution in [1.82, 2.24) is 19.4 Å². The fourth-order valence-corrected chi connectivity index (χ4v) is 3.14. The highest BCUT2D eigenvalue weighted by Crippen LogP contribution is 2.24. The number of hydrogen-bond donors (Lipinski definition) is 0.